The van der Waals surface area contributed by atoms with Crippen molar-refractivity contribution in [3.8, 4) is 5.75 Å². The number of ether oxygens (including phenoxy) is 1. The maximum atomic E-state index is 12.6. The summed E-state index contributed by atoms with van der Waals surface area (Å²) < 4.78 is 6.00. The molecular formula is C31H31N3O2. The zero-order valence-corrected chi connectivity index (χ0v) is 20.6. The zero-order valence-electron chi connectivity index (χ0n) is 20.6. The van der Waals surface area contributed by atoms with Crippen molar-refractivity contribution >= 4 is 22.5 Å². The number of carbonyl (C=O) groups excluding carboxylic acids is 1. The molecule has 1 saturated carbocycles. The second kappa shape index (κ2) is 11.2. The first-order valence-corrected chi connectivity index (χ1v) is 12.7. The maximum absolute atomic E-state index is 12.6. The van der Waals surface area contributed by atoms with Gasteiger partial charge in [-0.2, -0.15) is 5.10 Å². The summed E-state index contributed by atoms with van der Waals surface area (Å²) in [5.41, 5.74) is 8.26. The Kier molecular flexibility index (Phi) is 7.36. The summed E-state index contributed by atoms with van der Waals surface area (Å²) in [7, 11) is 0. The molecule has 1 amide bonds. The summed E-state index contributed by atoms with van der Waals surface area (Å²) in [5, 5.41) is 5.37. The molecule has 1 aliphatic carbocycles. The van der Waals surface area contributed by atoms with Crippen LogP contribution in [0.1, 0.15) is 72.0 Å². The van der Waals surface area contributed by atoms with Crippen LogP contribution in [0.25, 0.3) is 10.9 Å². The summed E-state index contributed by atoms with van der Waals surface area (Å²) in [6, 6.07) is 25.8. The quantitative estimate of drug-likeness (QED) is 0.230. The van der Waals surface area contributed by atoms with Gasteiger partial charge in [-0.25, -0.2) is 5.43 Å². The summed E-state index contributed by atoms with van der Waals surface area (Å²) in [4.78, 5) is 17.0. The second-order valence-electron chi connectivity index (χ2n) is 9.41. The molecule has 36 heavy (non-hydrogen) atoms. The van der Waals surface area contributed by atoms with Crippen LogP contribution < -0.4 is 10.2 Å². The van der Waals surface area contributed by atoms with E-state index in [4.69, 9.17) is 4.74 Å². The van der Waals surface area contributed by atoms with Crippen LogP contribution in [0.3, 0.4) is 0 Å². The molecule has 4 aromatic rings. The van der Waals surface area contributed by atoms with Crippen LogP contribution in [-0.2, 0) is 6.61 Å². The molecule has 0 spiro atoms. The van der Waals surface area contributed by atoms with Crippen LogP contribution in [0.4, 0.5) is 0 Å². The Morgan fingerprint density at radius 3 is 2.42 bits per heavy atom. The molecule has 0 unspecified atom stereocenters. The zero-order chi connectivity index (χ0) is 24.7. The van der Waals surface area contributed by atoms with Gasteiger partial charge in [0.05, 0.1) is 5.71 Å². The molecule has 1 heterocycles. The smallest absolute Gasteiger partial charge is 0.271 e. The lowest BCUT2D eigenvalue weighted by Gasteiger charge is -2.22. The summed E-state index contributed by atoms with van der Waals surface area (Å²) in [6.07, 6.45) is 8.35. The largest absolute Gasteiger partial charge is 0.487 e. The van der Waals surface area contributed by atoms with Crippen molar-refractivity contribution in [3.05, 3.63) is 107 Å². The van der Waals surface area contributed by atoms with Gasteiger partial charge in [0.15, 0.2) is 0 Å². The lowest BCUT2D eigenvalue weighted by Crippen LogP contribution is -2.19. The molecule has 1 aromatic heterocycles. The van der Waals surface area contributed by atoms with Crippen molar-refractivity contribution < 1.29 is 9.53 Å². The number of fused-ring (bicyclic) bond motifs is 1. The second-order valence-corrected chi connectivity index (χ2v) is 9.41. The van der Waals surface area contributed by atoms with E-state index in [1.165, 1.54) is 37.7 Å². The molecule has 182 valence electrons. The third-order valence-corrected chi connectivity index (χ3v) is 6.94. The van der Waals surface area contributed by atoms with Crippen LogP contribution in [0.15, 0.2) is 90.2 Å². The summed E-state index contributed by atoms with van der Waals surface area (Å²) in [6.45, 7) is 2.31. The monoisotopic (exact) mass is 477 g/mol. The normalized spacial score (nSPS) is 14.5. The number of hydrogen-bond donors (Lipinski definition) is 1. The van der Waals surface area contributed by atoms with Gasteiger partial charge >= 0.3 is 0 Å². The van der Waals surface area contributed by atoms with Gasteiger partial charge in [-0.1, -0.05) is 73.9 Å². The van der Waals surface area contributed by atoms with Crippen molar-refractivity contribution in [2.24, 2.45) is 5.10 Å². The maximum Gasteiger partial charge on any atom is 0.271 e. The van der Waals surface area contributed by atoms with Crippen molar-refractivity contribution in [3.63, 3.8) is 0 Å². The minimum absolute atomic E-state index is 0.237. The molecule has 0 aliphatic heterocycles. The van der Waals surface area contributed by atoms with Gasteiger partial charge in [-0.05, 0) is 66.6 Å². The Morgan fingerprint density at radius 2 is 1.64 bits per heavy atom. The Bertz CT molecular complexity index is 1350. The molecule has 5 rings (SSSR count). The molecule has 0 radical (unpaired) electrons. The number of para-hydroxylation sites is 1. The van der Waals surface area contributed by atoms with Crippen LogP contribution in [-0.4, -0.2) is 16.6 Å². The number of nitrogens with one attached hydrogen (secondary N) is 1. The predicted molar refractivity (Wildman–Crippen MR) is 144 cm³/mol. The average Bonchev–Trinajstić information content (AvgIpc) is 2.95. The fourth-order valence-corrected chi connectivity index (χ4v) is 4.80. The van der Waals surface area contributed by atoms with E-state index in [1.54, 1.807) is 18.3 Å². The number of amides is 1. The van der Waals surface area contributed by atoms with Gasteiger partial charge in [0.25, 0.3) is 5.91 Å². The van der Waals surface area contributed by atoms with Gasteiger partial charge in [0, 0.05) is 17.1 Å². The highest BCUT2D eigenvalue weighted by molar-refractivity contribution is 6.00. The third kappa shape index (κ3) is 5.62. The summed E-state index contributed by atoms with van der Waals surface area (Å²) in [5.74, 6) is 1.19. The first kappa shape index (κ1) is 23.7. The molecule has 1 aliphatic rings. The molecule has 1 N–H and O–H groups in total. The van der Waals surface area contributed by atoms with E-state index in [2.05, 4.69) is 39.8 Å². The molecule has 5 nitrogen and oxygen atoms in total. The van der Waals surface area contributed by atoms with Gasteiger partial charge < -0.3 is 4.74 Å². The Morgan fingerprint density at radius 1 is 0.917 bits per heavy atom. The van der Waals surface area contributed by atoms with Gasteiger partial charge in [0.1, 0.15) is 17.9 Å². The van der Waals surface area contributed by atoms with Crippen LogP contribution in [0, 0.1) is 0 Å². The number of hydrazone groups is 1. The number of nitrogens with zero attached hydrogens (tertiary/aromatic N) is 2. The molecule has 0 atom stereocenters. The van der Waals surface area contributed by atoms with Gasteiger partial charge in [-0.15, -0.1) is 0 Å². The van der Waals surface area contributed by atoms with E-state index >= 15 is 0 Å². The number of carbonyl (C=O) groups is 1. The highest BCUT2D eigenvalue weighted by Gasteiger charge is 2.15. The Balaban J connectivity index is 1.17. The molecule has 1 fully saturated rings. The molecule has 0 saturated heterocycles. The van der Waals surface area contributed by atoms with E-state index in [9.17, 15) is 4.79 Å². The molecule has 5 heteroatoms. The SMILES string of the molecule is C/C(=N/NC(=O)c1ccc(COc2cccc3cccnc23)cc1)c1ccc(C2CCCCC2)cc1. The highest BCUT2D eigenvalue weighted by atomic mass is 16.5. The first-order chi connectivity index (χ1) is 17.7. The van der Waals surface area contributed by atoms with Crippen LogP contribution in [0.5, 0.6) is 5.75 Å². The lowest BCUT2D eigenvalue weighted by atomic mass is 9.84. The van der Waals surface area contributed by atoms with E-state index in [-0.39, 0.29) is 5.91 Å². The number of pyridine rings is 1. The van der Waals surface area contributed by atoms with Crippen molar-refractivity contribution in [2.75, 3.05) is 0 Å². The fraction of sp³-hybridized carbons (Fsp3) is 0.258. The van der Waals surface area contributed by atoms with E-state index in [0.29, 0.717) is 18.1 Å². The van der Waals surface area contributed by atoms with Crippen LogP contribution in [0.2, 0.25) is 0 Å². The fourth-order valence-electron chi connectivity index (χ4n) is 4.80. The number of aromatic nitrogens is 1. The van der Waals surface area contributed by atoms with Crippen molar-refractivity contribution in [1.29, 1.82) is 0 Å². The van der Waals surface area contributed by atoms with Crippen molar-refractivity contribution in [1.82, 2.24) is 10.4 Å². The molecular weight excluding hydrogens is 446 g/mol. The third-order valence-electron chi connectivity index (χ3n) is 6.94. The summed E-state index contributed by atoms with van der Waals surface area (Å²) >= 11 is 0. The minimum atomic E-state index is -0.237. The molecule has 3 aromatic carbocycles. The van der Waals surface area contributed by atoms with E-state index in [1.807, 2.05) is 49.4 Å². The van der Waals surface area contributed by atoms with E-state index in [0.717, 1.165) is 33.5 Å². The van der Waals surface area contributed by atoms with Crippen LogP contribution >= 0.6 is 0 Å². The lowest BCUT2D eigenvalue weighted by molar-refractivity contribution is 0.0955. The minimum Gasteiger partial charge on any atom is -0.487 e. The first-order valence-electron chi connectivity index (χ1n) is 12.7. The molecule has 0 bridgehead atoms. The van der Waals surface area contributed by atoms with Gasteiger partial charge in [-0.3, -0.25) is 9.78 Å². The number of rotatable bonds is 7. The average molecular weight is 478 g/mol. The van der Waals surface area contributed by atoms with Crippen molar-refractivity contribution in [2.45, 2.75) is 51.6 Å². The van der Waals surface area contributed by atoms with E-state index < -0.39 is 0 Å². The topological polar surface area (TPSA) is 63.6 Å². The van der Waals surface area contributed by atoms with Gasteiger partial charge in [0.2, 0.25) is 0 Å². The predicted octanol–water partition coefficient (Wildman–Crippen LogP) is 7.02. The highest BCUT2D eigenvalue weighted by Crippen LogP contribution is 2.32. The Labute approximate surface area is 212 Å². The Hall–Kier alpha value is -3.99. The number of hydrogen-bond acceptors (Lipinski definition) is 4. The number of benzene rings is 3. The standard InChI is InChI=1S/C31H31N3O2/c1-22(24-16-18-26(19-17-24)25-7-3-2-4-8-25)33-34-31(35)28-14-12-23(13-15-28)21-36-29-11-5-9-27-10-6-20-32-30(27)29/h5-6,9-20,25H,2-4,7-8,21H2,1H3,(H,34,35)/b33-22-.